The van der Waals surface area contributed by atoms with E-state index in [9.17, 15) is 24.8 Å². The maximum Gasteiger partial charge on any atom is 0.338 e. The number of furan rings is 1. The zero-order valence-corrected chi connectivity index (χ0v) is 22.0. The van der Waals surface area contributed by atoms with Gasteiger partial charge in [-0.25, -0.2) is 9.79 Å². The zero-order valence-electron chi connectivity index (χ0n) is 21.2. The SMILES string of the molecule is CCOC(=O)C1=C(C)N=c2s/c(=C/c3ccc(-c4cc([N+](=O)[O-])ccc4O)o3)c(=O)n2[C@@H]1c1ccc(C)cc1. The Morgan fingerprint density at radius 3 is 2.64 bits per heavy atom. The third-order valence-electron chi connectivity index (χ3n) is 6.27. The molecule has 1 atom stereocenters. The van der Waals surface area contributed by atoms with Crippen LogP contribution in [0.4, 0.5) is 5.69 Å². The predicted octanol–water partition coefficient (Wildman–Crippen LogP) is 3.98. The number of non-ortho nitro benzene ring substituents is 1. The molecule has 11 heteroatoms. The molecule has 0 fully saturated rings. The Balaban J connectivity index is 1.62. The second-order valence-electron chi connectivity index (χ2n) is 8.87. The van der Waals surface area contributed by atoms with Crippen LogP contribution in [0.25, 0.3) is 17.4 Å². The molecule has 1 N–H and O–H groups in total. The van der Waals surface area contributed by atoms with Gasteiger partial charge in [0.1, 0.15) is 17.3 Å². The number of hydrogen-bond acceptors (Lipinski definition) is 9. The second-order valence-corrected chi connectivity index (χ2v) is 9.88. The number of ether oxygens (including phenoxy) is 1. The largest absolute Gasteiger partial charge is 0.507 e. The van der Waals surface area contributed by atoms with Gasteiger partial charge in [-0.2, -0.15) is 0 Å². The first kappa shape index (κ1) is 25.9. The van der Waals surface area contributed by atoms with Crippen molar-refractivity contribution in [2.24, 2.45) is 4.99 Å². The van der Waals surface area contributed by atoms with Crippen LogP contribution in [0.15, 0.2) is 80.1 Å². The monoisotopic (exact) mass is 545 g/mol. The first-order chi connectivity index (χ1) is 18.7. The highest BCUT2D eigenvalue weighted by Gasteiger charge is 2.33. The molecule has 1 aliphatic heterocycles. The van der Waals surface area contributed by atoms with Gasteiger partial charge in [0.25, 0.3) is 11.2 Å². The van der Waals surface area contributed by atoms with Gasteiger partial charge in [0.15, 0.2) is 4.80 Å². The standard InChI is InChI=1S/C28H23N3O7S/c1-4-37-27(34)24-16(3)29-28-30(25(24)17-7-5-15(2)6-8-17)26(33)23(39-28)14-19-10-12-22(38-19)20-13-18(31(35)36)9-11-21(20)32/h5-14,25,32H,4H2,1-3H3/b23-14+/t25-/m1/s1. The summed E-state index contributed by atoms with van der Waals surface area (Å²) in [5.41, 5.74) is 2.13. The summed E-state index contributed by atoms with van der Waals surface area (Å²) in [6, 6.07) is 13.6. The predicted molar refractivity (Wildman–Crippen MR) is 144 cm³/mol. The average Bonchev–Trinajstić information content (AvgIpc) is 3.48. The first-order valence-corrected chi connectivity index (χ1v) is 12.8. The summed E-state index contributed by atoms with van der Waals surface area (Å²) >= 11 is 1.15. The van der Waals surface area contributed by atoms with E-state index in [-0.39, 0.29) is 34.9 Å². The molecule has 0 unspecified atom stereocenters. The minimum atomic E-state index is -0.725. The highest BCUT2D eigenvalue weighted by Crippen LogP contribution is 2.34. The number of phenols is 1. The molecular weight excluding hydrogens is 522 g/mol. The maximum absolute atomic E-state index is 13.7. The van der Waals surface area contributed by atoms with Crippen molar-refractivity contribution >= 4 is 29.1 Å². The van der Waals surface area contributed by atoms with Crippen molar-refractivity contribution in [1.82, 2.24) is 4.57 Å². The Kier molecular flexibility index (Phi) is 6.75. The number of aromatic hydroxyl groups is 1. The zero-order chi connectivity index (χ0) is 27.8. The van der Waals surface area contributed by atoms with Gasteiger partial charge in [-0.15, -0.1) is 0 Å². The van der Waals surface area contributed by atoms with E-state index in [0.717, 1.165) is 22.5 Å². The third-order valence-corrected chi connectivity index (χ3v) is 7.25. The molecule has 2 aromatic heterocycles. The molecular formula is C28H23N3O7S. The minimum absolute atomic E-state index is 0.152. The number of nitrogens with zero attached hydrogens (tertiary/aromatic N) is 3. The van der Waals surface area contributed by atoms with Crippen LogP contribution in [0.2, 0.25) is 0 Å². The van der Waals surface area contributed by atoms with E-state index >= 15 is 0 Å². The lowest BCUT2D eigenvalue weighted by Gasteiger charge is -2.24. The van der Waals surface area contributed by atoms with Crippen LogP contribution in [0, 0.1) is 17.0 Å². The first-order valence-electron chi connectivity index (χ1n) is 12.0. The number of hydrogen-bond donors (Lipinski definition) is 1. The van der Waals surface area contributed by atoms with E-state index in [4.69, 9.17) is 9.15 Å². The summed E-state index contributed by atoms with van der Waals surface area (Å²) < 4.78 is 12.9. The molecule has 3 heterocycles. The van der Waals surface area contributed by atoms with Crippen molar-refractivity contribution < 1.29 is 24.0 Å². The lowest BCUT2D eigenvalue weighted by molar-refractivity contribution is -0.384. The van der Waals surface area contributed by atoms with E-state index in [1.807, 2.05) is 31.2 Å². The van der Waals surface area contributed by atoms with Crippen molar-refractivity contribution in [3.63, 3.8) is 0 Å². The molecule has 198 valence electrons. The average molecular weight is 546 g/mol. The summed E-state index contributed by atoms with van der Waals surface area (Å²) in [6.45, 7) is 5.57. The fourth-order valence-corrected chi connectivity index (χ4v) is 5.42. The highest BCUT2D eigenvalue weighted by molar-refractivity contribution is 7.07. The number of nitro benzene ring substituents is 1. The van der Waals surface area contributed by atoms with Crippen LogP contribution in [0.5, 0.6) is 5.75 Å². The number of carbonyl (C=O) groups is 1. The Bertz CT molecular complexity index is 1830. The quantitative estimate of drug-likeness (QED) is 0.220. The number of nitro groups is 1. The van der Waals surface area contributed by atoms with Crippen LogP contribution in [0.3, 0.4) is 0 Å². The summed E-state index contributed by atoms with van der Waals surface area (Å²) in [5, 5.41) is 21.4. The molecule has 39 heavy (non-hydrogen) atoms. The van der Waals surface area contributed by atoms with Gasteiger partial charge in [0, 0.05) is 18.2 Å². The number of allylic oxidation sites excluding steroid dienone is 1. The van der Waals surface area contributed by atoms with E-state index in [2.05, 4.69) is 4.99 Å². The van der Waals surface area contributed by atoms with E-state index in [1.165, 1.54) is 28.8 Å². The summed E-state index contributed by atoms with van der Waals surface area (Å²) in [5.74, 6) is -0.213. The van der Waals surface area contributed by atoms with Gasteiger partial charge in [-0.05, 0) is 44.5 Å². The topological polar surface area (TPSA) is 137 Å². The molecule has 0 saturated carbocycles. The van der Waals surface area contributed by atoms with E-state index in [0.29, 0.717) is 26.4 Å². The van der Waals surface area contributed by atoms with Crippen LogP contribution in [-0.4, -0.2) is 27.2 Å². The number of fused-ring (bicyclic) bond motifs is 1. The van der Waals surface area contributed by atoms with Crippen molar-refractivity contribution in [2.45, 2.75) is 26.8 Å². The molecule has 0 radical (unpaired) electrons. The van der Waals surface area contributed by atoms with Gasteiger partial charge in [-0.1, -0.05) is 41.2 Å². The van der Waals surface area contributed by atoms with Gasteiger partial charge in [-0.3, -0.25) is 19.5 Å². The number of aromatic nitrogens is 1. The number of rotatable bonds is 6. The normalized spacial score (nSPS) is 15.2. The number of benzene rings is 2. The van der Waals surface area contributed by atoms with Crippen LogP contribution >= 0.6 is 11.3 Å². The van der Waals surface area contributed by atoms with Gasteiger partial charge < -0.3 is 14.3 Å². The molecule has 10 nitrogen and oxygen atoms in total. The Labute approximate surface area is 225 Å². The maximum atomic E-state index is 13.7. The number of aryl methyl sites for hydroxylation is 1. The molecule has 5 rings (SSSR count). The molecule has 0 bridgehead atoms. The van der Waals surface area contributed by atoms with Gasteiger partial charge in [0.05, 0.1) is 38.9 Å². The molecule has 0 saturated heterocycles. The summed E-state index contributed by atoms with van der Waals surface area (Å²) in [7, 11) is 0. The second kappa shape index (κ2) is 10.2. The molecule has 0 aliphatic carbocycles. The Morgan fingerprint density at radius 2 is 1.95 bits per heavy atom. The number of phenolic OH excluding ortho intramolecular Hbond substituents is 1. The van der Waals surface area contributed by atoms with Crippen molar-refractivity contribution in [1.29, 1.82) is 0 Å². The van der Waals surface area contributed by atoms with E-state index in [1.54, 1.807) is 26.0 Å². The van der Waals surface area contributed by atoms with Crippen LogP contribution < -0.4 is 14.9 Å². The number of esters is 1. The van der Waals surface area contributed by atoms with Crippen molar-refractivity contribution in [3.05, 3.63) is 113 Å². The Hall–Kier alpha value is -4.77. The smallest absolute Gasteiger partial charge is 0.338 e. The van der Waals surface area contributed by atoms with Crippen LogP contribution in [-0.2, 0) is 9.53 Å². The minimum Gasteiger partial charge on any atom is -0.507 e. The van der Waals surface area contributed by atoms with Crippen molar-refractivity contribution in [3.8, 4) is 17.1 Å². The third kappa shape index (κ3) is 4.79. The van der Waals surface area contributed by atoms with Crippen LogP contribution in [0.1, 0.15) is 36.8 Å². The number of thiazole rings is 1. The molecule has 2 aromatic carbocycles. The molecule has 0 amide bonds. The molecule has 4 aromatic rings. The number of carbonyl (C=O) groups excluding carboxylic acids is 1. The van der Waals surface area contributed by atoms with Gasteiger partial charge >= 0.3 is 5.97 Å². The fourth-order valence-electron chi connectivity index (χ4n) is 4.39. The van der Waals surface area contributed by atoms with Gasteiger partial charge in [0.2, 0.25) is 0 Å². The van der Waals surface area contributed by atoms with Crippen molar-refractivity contribution in [2.75, 3.05) is 6.61 Å². The molecule has 0 spiro atoms. The summed E-state index contributed by atoms with van der Waals surface area (Å²) in [4.78, 5) is 42.2. The highest BCUT2D eigenvalue weighted by atomic mass is 32.1. The lowest BCUT2D eigenvalue weighted by atomic mass is 9.95. The van der Waals surface area contributed by atoms with E-state index < -0.39 is 16.9 Å². The molecule has 1 aliphatic rings. The Morgan fingerprint density at radius 1 is 1.21 bits per heavy atom. The fraction of sp³-hybridized carbons (Fsp3) is 0.179. The summed E-state index contributed by atoms with van der Waals surface area (Å²) in [6.07, 6.45) is 1.54. The lowest BCUT2D eigenvalue weighted by Crippen LogP contribution is -2.39.